The molecule has 2 rings (SSSR count). The van der Waals surface area contributed by atoms with Crippen molar-refractivity contribution in [2.45, 2.75) is 0 Å². The van der Waals surface area contributed by atoms with Gasteiger partial charge in [-0.1, -0.05) is 60.7 Å². The Labute approximate surface area is 151 Å². The number of hydrogen-bond acceptors (Lipinski definition) is 1. The van der Waals surface area contributed by atoms with Gasteiger partial charge in [-0.05, 0) is 0 Å². The van der Waals surface area contributed by atoms with Crippen LogP contribution in [0, 0.1) is 0 Å². The third-order valence-corrected chi connectivity index (χ3v) is 3.58. The molecule has 0 heterocycles. The fraction of sp³-hybridized carbons (Fsp3) is 0. The van der Waals surface area contributed by atoms with Crippen LogP contribution in [0.5, 0.6) is 0 Å². The molecule has 0 saturated heterocycles. The maximum atomic E-state index is 10.1. The molecule has 1 radical (unpaired) electrons. The average molecular weight is 650 g/mol. The quantitative estimate of drug-likeness (QED) is 0.392. The SMILES string of the molecule is I.I.OP(c1ccccc1)c1ccccc1.[Ir]. The number of rotatable bonds is 2. The van der Waals surface area contributed by atoms with E-state index in [1.54, 1.807) is 0 Å². The Kier molecular flexibility index (Phi) is 12.9. The molecule has 0 aliphatic carbocycles. The minimum Gasteiger partial charge on any atom is -0.364 e. The predicted molar refractivity (Wildman–Crippen MR) is 92.1 cm³/mol. The van der Waals surface area contributed by atoms with Gasteiger partial charge >= 0.3 is 0 Å². The van der Waals surface area contributed by atoms with Gasteiger partial charge in [-0.2, -0.15) is 0 Å². The monoisotopic (exact) mass is 651 g/mol. The largest absolute Gasteiger partial charge is 0.364 e. The third-order valence-electron chi connectivity index (χ3n) is 2.00. The predicted octanol–water partition coefficient (Wildman–Crippen LogP) is 3.26. The van der Waals surface area contributed by atoms with Crippen LogP contribution in [0.15, 0.2) is 60.7 Å². The Bertz CT molecular complexity index is 360. The van der Waals surface area contributed by atoms with Gasteiger partial charge in [-0.15, -0.1) is 48.0 Å². The summed E-state index contributed by atoms with van der Waals surface area (Å²) in [4.78, 5) is 10.1. The minimum atomic E-state index is -1.17. The van der Waals surface area contributed by atoms with Gasteiger partial charge in [0.2, 0.25) is 0 Å². The van der Waals surface area contributed by atoms with Crippen molar-refractivity contribution < 1.29 is 25.0 Å². The van der Waals surface area contributed by atoms with E-state index in [1.807, 2.05) is 60.7 Å². The summed E-state index contributed by atoms with van der Waals surface area (Å²) < 4.78 is 0. The molecular weight excluding hydrogens is 637 g/mol. The normalized spacial score (nSPS) is 8.59. The summed E-state index contributed by atoms with van der Waals surface area (Å²) in [6.07, 6.45) is 0. The van der Waals surface area contributed by atoms with Crippen LogP contribution < -0.4 is 10.6 Å². The van der Waals surface area contributed by atoms with Gasteiger partial charge in [-0.25, -0.2) is 0 Å². The summed E-state index contributed by atoms with van der Waals surface area (Å²) in [6, 6.07) is 19.5. The van der Waals surface area contributed by atoms with Gasteiger partial charge in [0.05, 0.1) is 8.15 Å². The molecule has 0 aliphatic rings. The second-order valence-corrected chi connectivity index (χ2v) is 4.64. The molecule has 95 valence electrons. The molecule has 2 aromatic rings. The van der Waals surface area contributed by atoms with Crippen LogP contribution in [0.25, 0.3) is 0 Å². The smallest absolute Gasteiger partial charge is 0.0877 e. The first-order chi connectivity index (χ1) is 6.88. The summed E-state index contributed by atoms with van der Waals surface area (Å²) in [5.41, 5.74) is 0. The first-order valence-corrected chi connectivity index (χ1v) is 5.76. The second-order valence-electron chi connectivity index (χ2n) is 2.98. The zero-order valence-electron chi connectivity index (χ0n) is 8.82. The number of halogens is 2. The van der Waals surface area contributed by atoms with E-state index in [1.165, 1.54) is 0 Å². The van der Waals surface area contributed by atoms with E-state index < -0.39 is 8.15 Å². The van der Waals surface area contributed by atoms with Gasteiger partial charge in [0.1, 0.15) is 0 Å². The van der Waals surface area contributed by atoms with Crippen molar-refractivity contribution in [1.29, 1.82) is 0 Å². The molecule has 1 N–H and O–H groups in total. The van der Waals surface area contributed by atoms with Gasteiger partial charge in [-0.3, -0.25) is 0 Å². The van der Waals surface area contributed by atoms with Crippen LogP contribution in [0.2, 0.25) is 0 Å². The van der Waals surface area contributed by atoms with Crippen LogP contribution in [-0.2, 0) is 20.1 Å². The van der Waals surface area contributed by atoms with Crippen LogP contribution in [0.4, 0.5) is 0 Å². The fourth-order valence-electron chi connectivity index (χ4n) is 1.29. The first-order valence-electron chi connectivity index (χ1n) is 4.47. The van der Waals surface area contributed by atoms with E-state index in [9.17, 15) is 4.89 Å². The molecule has 5 heteroatoms. The molecule has 2 aromatic carbocycles. The van der Waals surface area contributed by atoms with Crippen molar-refractivity contribution in [2.75, 3.05) is 0 Å². The van der Waals surface area contributed by atoms with E-state index in [4.69, 9.17) is 0 Å². The summed E-state index contributed by atoms with van der Waals surface area (Å²) >= 11 is 0. The Morgan fingerprint density at radius 2 is 0.941 bits per heavy atom. The Morgan fingerprint density at radius 3 is 1.24 bits per heavy atom. The van der Waals surface area contributed by atoms with Crippen molar-refractivity contribution in [3.8, 4) is 0 Å². The molecule has 0 aromatic heterocycles. The van der Waals surface area contributed by atoms with Gasteiger partial charge in [0.15, 0.2) is 0 Å². The van der Waals surface area contributed by atoms with E-state index in [-0.39, 0.29) is 68.1 Å². The Hall–Kier alpha value is 0.939. The molecule has 0 atom stereocenters. The van der Waals surface area contributed by atoms with Crippen molar-refractivity contribution in [2.24, 2.45) is 0 Å². The molecule has 0 spiro atoms. The molecular formula is C12H13I2IrOP. The Balaban J connectivity index is 0. The molecule has 0 aliphatic heterocycles. The minimum absolute atomic E-state index is 0. The van der Waals surface area contributed by atoms with Crippen molar-refractivity contribution >= 4 is 66.7 Å². The summed E-state index contributed by atoms with van der Waals surface area (Å²) in [5, 5.41) is 1.99. The zero-order chi connectivity index (χ0) is 9.80. The van der Waals surface area contributed by atoms with E-state index >= 15 is 0 Å². The number of benzene rings is 2. The maximum absolute atomic E-state index is 10.1. The maximum Gasteiger partial charge on any atom is 0.0877 e. The van der Waals surface area contributed by atoms with Crippen LogP contribution in [0.3, 0.4) is 0 Å². The van der Waals surface area contributed by atoms with E-state index in [2.05, 4.69) is 0 Å². The van der Waals surface area contributed by atoms with Crippen molar-refractivity contribution in [3.63, 3.8) is 0 Å². The van der Waals surface area contributed by atoms with Crippen molar-refractivity contribution in [3.05, 3.63) is 60.7 Å². The van der Waals surface area contributed by atoms with Crippen LogP contribution in [0.1, 0.15) is 0 Å². The summed E-state index contributed by atoms with van der Waals surface area (Å²) in [7, 11) is -1.17. The van der Waals surface area contributed by atoms with E-state index in [0.717, 1.165) is 10.6 Å². The topological polar surface area (TPSA) is 20.2 Å². The summed E-state index contributed by atoms with van der Waals surface area (Å²) in [6.45, 7) is 0. The van der Waals surface area contributed by atoms with Gasteiger partial charge in [0, 0.05) is 30.7 Å². The van der Waals surface area contributed by atoms with Crippen LogP contribution in [-0.4, -0.2) is 4.89 Å². The molecule has 1 nitrogen and oxygen atoms in total. The Morgan fingerprint density at radius 1 is 0.647 bits per heavy atom. The third kappa shape index (κ3) is 6.08. The fourth-order valence-corrected chi connectivity index (χ4v) is 2.49. The van der Waals surface area contributed by atoms with Crippen LogP contribution >= 0.6 is 56.1 Å². The average Bonchev–Trinajstić information content (AvgIpc) is 2.30. The molecule has 17 heavy (non-hydrogen) atoms. The van der Waals surface area contributed by atoms with E-state index in [0.29, 0.717) is 0 Å². The molecule has 0 bridgehead atoms. The molecule has 0 amide bonds. The van der Waals surface area contributed by atoms with Crippen molar-refractivity contribution in [1.82, 2.24) is 0 Å². The summed E-state index contributed by atoms with van der Waals surface area (Å²) in [5.74, 6) is 0. The molecule has 0 unspecified atom stereocenters. The first kappa shape index (κ1) is 20.3. The number of hydrogen-bond donors (Lipinski definition) is 1. The standard InChI is InChI=1S/C12H11OP.2HI.Ir/c13-14(11-7-3-1-4-8-11)12-9-5-2-6-10-12;;;/h1-10,13H;2*1H;. The van der Waals surface area contributed by atoms with Gasteiger partial charge < -0.3 is 4.89 Å². The zero-order valence-corrected chi connectivity index (χ0v) is 16.8. The molecule has 0 saturated carbocycles. The van der Waals surface area contributed by atoms with Gasteiger partial charge in [0.25, 0.3) is 0 Å². The second kappa shape index (κ2) is 10.8. The molecule has 0 fully saturated rings.